The predicted molar refractivity (Wildman–Crippen MR) is 98.6 cm³/mol. The van der Waals surface area contributed by atoms with E-state index in [2.05, 4.69) is 10.1 Å². The number of nitrogens with two attached hydrogens (primary N) is 1. The Kier molecular flexibility index (Phi) is 4.95. The normalized spacial score (nSPS) is 22.0. The number of likely N-dealkylation sites (tertiary alicyclic amines) is 1. The Hall–Kier alpha value is -2.28. The fourth-order valence-electron chi connectivity index (χ4n) is 3.62. The van der Waals surface area contributed by atoms with Gasteiger partial charge in [-0.15, -0.1) is 0 Å². The van der Waals surface area contributed by atoms with E-state index >= 15 is 0 Å². The van der Waals surface area contributed by atoms with E-state index in [-0.39, 0.29) is 18.4 Å². The van der Waals surface area contributed by atoms with Crippen LogP contribution in [0.3, 0.4) is 0 Å². The van der Waals surface area contributed by atoms with Crippen LogP contribution in [0.2, 0.25) is 0 Å². The Morgan fingerprint density at radius 1 is 1.33 bits per heavy atom. The van der Waals surface area contributed by atoms with Crippen molar-refractivity contribution >= 4 is 5.91 Å². The first kappa shape index (κ1) is 18.1. The SMILES string of the molecule is Cc1ccc(-c2noc([C@@H](CC3CC3)[C@H](N)C(=O)N3CC[C@H](F)C3)n2)cc1. The van der Waals surface area contributed by atoms with Crippen LogP contribution < -0.4 is 5.73 Å². The molecule has 7 heteroatoms. The summed E-state index contributed by atoms with van der Waals surface area (Å²) >= 11 is 0. The average molecular weight is 372 g/mol. The lowest BCUT2D eigenvalue weighted by atomic mass is 9.93. The third-order valence-electron chi connectivity index (χ3n) is 5.51. The molecule has 1 aliphatic carbocycles. The molecule has 2 fully saturated rings. The lowest BCUT2D eigenvalue weighted by Crippen LogP contribution is -2.46. The molecule has 1 saturated heterocycles. The van der Waals surface area contributed by atoms with Gasteiger partial charge in [0.1, 0.15) is 6.17 Å². The molecule has 4 rings (SSSR count). The standard InChI is InChI=1S/C20H25FN4O2/c1-12-2-6-14(7-3-12)18-23-19(27-24-18)16(10-13-4-5-13)17(22)20(26)25-9-8-15(21)11-25/h2-3,6-7,13,15-17H,4-5,8-11,22H2,1H3/t15-,16-,17-/m0/s1. The van der Waals surface area contributed by atoms with Crippen molar-refractivity contribution in [3.8, 4) is 11.4 Å². The number of amides is 1. The summed E-state index contributed by atoms with van der Waals surface area (Å²) in [4.78, 5) is 18.8. The third kappa shape index (κ3) is 4.03. The lowest BCUT2D eigenvalue weighted by Gasteiger charge is -2.25. The van der Waals surface area contributed by atoms with Crippen LogP contribution in [-0.4, -0.2) is 46.3 Å². The van der Waals surface area contributed by atoms with E-state index in [4.69, 9.17) is 10.3 Å². The number of carbonyl (C=O) groups is 1. The van der Waals surface area contributed by atoms with E-state index in [1.807, 2.05) is 31.2 Å². The summed E-state index contributed by atoms with van der Waals surface area (Å²) in [5.74, 6) is 0.868. The van der Waals surface area contributed by atoms with Crippen molar-refractivity contribution in [1.82, 2.24) is 15.0 Å². The highest BCUT2D eigenvalue weighted by Gasteiger charge is 2.39. The van der Waals surface area contributed by atoms with Crippen molar-refractivity contribution in [2.45, 2.75) is 50.7 Å². The summed E-state index contributed by atoms with van der Waals surface area (Å²) in [6.07, 6.45) is 2.43. The molecule has 0 radical (unpaired) electrons. The molecule has 1 aliphatic heterocycles. The van der Waals surface area contributed by atoms with Crippen LogP contribution in [0.1, 0.15) is 43.1 Å². The minimum absolute atomic E-state index is 0.126. The van der Waals surface area contributed by atoms with Gasteiger partial charge in [-0.05, 0) is 25.7 Å². The Morgan fingerprint density at radius 3 is 2.70 bits per heavy atom. The minimum Gasteiger partial charge on any atom is -0.339 e. The number of aromatic nitrogens is 2. The zero-order valence-corrected chi connectivity index (χ0v) is 15.5. The number of halogens is 1. The van der Waals surface area contributed by atoms with E-state index < -0.39 is 12.2 Å². The number of hydrogen-bond donors (Lipinski definition) is 1. The smallest absolute Gasteiger partial charge is 0.240 e. The van der Waals surface area contributed by atoms with Crippen LogP contribution in [0.4, 0.5) is 4.39 Å². The van der Waals surface area contributed by atoms with Crippen LogP contribution in [0.15, 0.2) is 28.8 Å². The first-order valence-corrected chi connectivity index (χ1v) is 9.60. The molecule has 0 unspecified atom stereocenters. The van der Waals surface area contributed by atoms with E-state index in [0.717, 1.165) is 30.4 Å². The molecule has 2 aliphatic rings. The highest BCUT2D eigenvalue weighted by molar-refractivity contribution is 5.83. The summed E-state index contributed by atoms with van der Waals surface area (Å²) in [7, 11) is 0. The minimum atomic E-state index is -0.959. The van der Waals surface area contributed by atoms with Crippen molar-refractivity contribution in [2.24, 2.45) is 11.7 Å². The molecule has 1 amide bonds. The molecule has 2 N–H and O–H groups in total. The molecule has 2 heterocycles. The van der Waals surface area contributed by atoms with Crippen molar-refractivity contribution in [3.63, 3.8) is 0 Å². The summed E-state index contributed by atoms with van der Waals surface area (Å²) in [5, 5.41) is 4.09. The van der Waals surface area contributed by atoms with Gasteiger partial charge >= 0.3 is 0 Å². The van der Waals surface area contributed by atoms with E-state index in [1.54, 1.807) is 0 Å². The number of aryl methyl sites for hydroxylation is 1. The van der Waals surface area contributed by atoms with Gasteiger partial charge in [-0.25, -0.2) is 4.39 Å². The maximum atomic E-state index is 13.5. The van der Waals surface area contributed by atoms with Gasteiger partial charge in [-0.1, -0.05) is 47.8 Å². The second-order valence-corrected chi connectivity index (χ2v) is 7.80. The molecule has 1 aromatic carbocycles. The Bertz CT molecular complexity index is 803. The van der Waals surface area contributed by atoms with Gasteiger partial charge in [0, 0.05) is 12.1 Å². The van der Waals surface area contributed by atoms with E-state index in [0.29, 0.717) is 30.6 Å². The van der Waals surface area contributed by atoms with Crippen molar-refractivity contribution in [3.05, 3.63) is 35.7 Å². The van der Waals surface area contributed by atoms with Crippen molar-refractivity contribution in [1.29, 1.82) is 0 Å². The molecule has 27 heavy (non-hydrogen) atoms. The lowest BCUT2D eigenvalue weighted by molar-refractivity contribution is -0.132. The fourth-order valence-corrected chi connectivity index (χ4v) is 3.62. The third-order valence-corrected chi connectivity index (χ3v) is 5.51. The zero-order valence-electron chi connectivity index (χ0n) is 15.5. The number of nitrogens with zero attached hydrogens (tertiary/aromatic N) is 3. The number of carbonyl (C=O) groups excluding carboxylic acids is 1. The highest BCUT2D eigenvalue weighted by atomic mass is 19.1. The number of rotatable bonds is 6. The highest BCUT2D eigenvalue weighted by Crippen LogP contribution is 2.40. The van der Waals surface area contributed by atoms with Gasteiger partial charge < -0.3 is 15.2 Å². The summed E-state index contributed by atoms with van der Waals surface area (Å²) < 4.78 is 19.0. The molecular formula is C20H25FN4O2. The average Bonchev–Trinajstić information content (AvgIpc) is 3.17. The van der Waals surface area contributed by atoms with Crippen LogP contribution in [-0.2, 0) is 4.79 Å². The maximum absolute atomic E-state index is 13.5. The van der Waals surface area contributed by atoms with Crippen molar-refractivity contribution in [2.75, 3.05) is 13.1 Å². The number of benzene rings is 1. The summed E-state index contributed by atoms with van der Waals surface area (Å²) in [5.41, 5.74) is 8.33. The molecule has 0 spiro atoms. The quantitative estimate of drug-likeness (QED) is 0.843. The Morgan fingerprint density at radius 2 is 2.07 bits per heavy atom. The van der Waals surface area contributed by atoms with Gasteiger partial charge in [0.2, 0.25) is 17.6 Å². The second-order valence-electron chi connectivity index (χ2n) is 7.80. The molecule has 6 nitrogen and oxygen atoms in total. The fraction of sp³-hybridized carbons (Fsp3) is 0.550. The van der Waals surface area contributed by atoms with Crippen molar-refractivity contribution < 1.29 is 13.7 Å². The monoisotopic (exact) mass is 372 g/mol. The Balaban J connectivity index is 1.55. The molecular weight excluding hydrogens is 347 g/mol. The Labute approximate surface area is 157 Å². The van der Waals surface area contributed by atoms with Gasteiger partial charge in [0.15, 0.2) is 0 Å². The number of hydrogen-bond acceptors (Lipinski definition) is 5. The molecule has 144 valence electrons. The molecule has 1 aromatic heterocycles. The van der Waals surface area contributed by atoms with Gasteiger partial charge in [0.25, 0.3) is 0 Å². The van der Waals surface area contributed by atoms with Gasteiger partial charge in [-0.2, -0.15) is 4.98 Å². The van der Waals surface area contributed by atoms with E-state index in [1.165, 1.54) is 4.90 Å². The topological polar surface area (TPSA) is 85.2 Å². The molecule has 3 atom stereocenters. The largest absolute Gasteiger partial charge is 0.339 e. The molecule has 1 saturated carbocycles. The zero-order chi connectivity index (χ0) is 19.0. The predicted octanol–water partition coefficient (Wildman–Crippen LogP) is 2.83. The molecule has 0 bridgehead atoms. The van der Waals surface area contributed by atoms with Crippen LogP contribution in [0.5, 0.6) is 0 Å². The van der Waals surface area contributed by atoms with E-state index in [9.17, 15) is 9.18 Å². The first-order chi connectivity index (χ1) is 13.0. The summed E-state index contributed by atoms with van der Waals surface area (Å²) in [6.45, 7) is 2.56. The maximum Gasteiger partial charge on any atom is 0.240 e. The summed E-state index contributed by atoms with van der Waals surface area (Å²) in [6, 6.07) is 7.07. The first-order valence-electron chi connectivity index (χ1n) is 9.60. The van der Waals surface area contributed by atoms with Crippen LogP contribution in [0, 0.1) is 12.8 Å². The van der Waals surface area contributed by atoms with Crippen LogP contribution in [0.25, 0.3) is 11.4 Å². The van der Waals surface area contributed by atoms with Gasteiger partial charge in [-0.3, -0.25) is 4.79 Å². The second kappa shape index (κ2) is 7.38. The number of alkyl halides is 1. The van der Waals surface area contributed by atoms with Gasteiger partial charge in [0.05, 0.1) is 18.5 Å². The molecule has 2 aromatic rings. The van der Waals surface area contributed by atoms with Crippen LogP contribution >= 0.6 is 0 Å².